The van der Waals surface area contributed by atoms with Gasteiger partial charge in [-0.3, -0.25) is 4.98 Å². The van der Waals surface area contributed by atoms with Crippen LogP contribution >= 0.6 is 0 Å². The molecule has 0 aliphatic heterocycles. The molecular weight excluding hydrogens is 236 g/mol. The highest BCUT2D eigenvalue weighted by atomic mass is 16.5. The van der Waals surface area contributed by atoms with Crippen molar-refractivity contribution < 1.29 is 4.74 Å². The van der Waals surface area contributed by atoms with E-state index in [1.54, 1.807) is 6.20 Å². The molecule has 1 saturated carbocycles. The summed E-state index contributed by atoms with van der Waals surface area (Å²) in [7, 11) is 0. The van der Waals surface area contributed by atoms with Crippen molar-refractivity contribution in [1.82, 2.24) is 4.98 Å². The van der Waals surface area contributed by atoms with Crippen molar-refractivity contribution in [2.75, 3.05) is 5.73 Å². The minimum absolute atomic E-state index is 0.336. The fraction of sp³-hybridized carbons (Fsp3) is 0.438. The molecule has 0 saturated heterocycles. The molecule has 2 aromatic rings. The summed E-state index contributed by atoms with van der Waals surface area (Å²) < 4.78 is 6.18. The van der Waals surface area contributed by atoms with Crippen LogP contribution in [0.25, 0.3) is 10.8 Å². The third kappa shape index (κ3) is 2.50. The first-order chi connectivity index (χ1) is 9.24. The second-order valence-electron chi connectivity index (χ2n) is 5.57. The number of rotatable bonds is 2. The van der Waals surface area contributed by atoms with Crippen LogP contribution in [0.3, 0.4) is 0 Å². The monoisotopic (exact) mass is 256 g/mol. The molecule has 0 bridgehead atoms. The highest BCUT2D eigenvalue weighted by molar-refractivity contribution is 5.96. The van der Waals surface area contributed by atoms with E-state index in [9.17, 15) is 0 Å². The van der Waals surface area contributed by atoms with Gasteiger partial charge in [-0.15, -0.1) is 0 Å². The van der Waals surface area contributed by atoms with E-state index in [4.69, 9.17) is 10.5 Å². The fourth-order valence-electron chi connectivity index (χ4n) is 2.82. The lowest BCUT2D eigenvalue weighted by Crippen LogP contribution is -2.23. The van der Waals surface area contributed by atoms with Crippen LogP contribution < -0.4 is 10.5 Å². The normalized spacial score (nSPS) is 23.4. The number of nitrogens with two attached hydrogens (primary N) is 1. The lowest BCUT2D eigenvalue weighted by atomic mass is 9.89. The number of benzene rings is 1. The molecule has 2 N–H and O–H groups in total. The zero-order valence-corrected chi connectivity index (χ0v) is 11.3. The molecule has 1 aromatic carbocycles. The van der Waals surface area contributed by atoms with Crippen molar-refractivity contribution in [2.45, 2.75) is 38.7 Å². The van der Waals surface area contributed by atoms with Crippen molar-refractivity contribution in [1.29, 1.82) is 0 Å². The largest absolute Gasteiger partial charge is 0.490 e. The Balaban J connectivity index is 1.87. The van der Waals surface area contributed by atoms with Crippen LogP contribution in [0.2, 0.25) is 0 Å². The second-order valence-corrected chi connectivity index (χ2v) is 5.57. The second kappa shape index (κ2) is 5.08. The summed E-state index contributed by atoms with van der Waals surface area (Å²) in [6.45, 7) is 2.32. The minimum Gasteiger partial charge on any atom is -0.490 e. The van der Waals surface area contributed by atoms with Crippen LogP contribution in [0.4, 0.5) is 5.69 Å². The molecule has 0 spiro atoms. The quantitative estimate of drug-likeness (QED) is 0.832. The average Bonchev–Trinajstić information content (AvgIpc) is 2.45. The highest BCUT2D eigenvalue weighted by Crippen LogP contribution is 2.33. The van der Waals surface area contributed by atoms with Gasteiger partial charge in [-0.05, 0) is 49.8 Å². The number of fused-ring (bicyclic) bond motifs is 1. The predicted octanol–water partition coefficient (Wildman–Crippen LogP) is 3.77. The van der Waals surface area contributed by atoms with Crippen molar-refractivity contribution >= 4 is 16.5 Å². The number of nitrogens with zero attached hydrogens (tertiary/aromatic N) is 1. The van der Waals surface area contributed by atoms with Crippen molar-refractivity contribution in [2.24, 2.45) is 5.92 Å². The average molecular weight is 256 g/mol. The van der Waals surface area contributed by atoms with Crippen molar-refractivity contribution in [3.8, 4) is 5.75 Å². The van der Waals surface area contributed by atoms with Crippen LogP contribution in [0.5, 0.6) is 5.75 Å². The van der Waals surface area contributed by atoms with Gasteiger partial charge in [0, 0.05) is 28.9 Å². The Bertz CT molecular complexity index is 574. The van der Waals surface area contributed by atoms with Gasteiger partial charge in [0.25, 0.3) is 0 Å². The molecular formula is C16H20N2O. The van der Waals surface area contributed by atoms with Gasteiger partial charge in [0.1, 0.15) is 5.75 Å². The van der Waals surface area contributed by atoms with Crippen molar-refractivity contribution in [3.05, 3.63) is 30.6 Å². The van der Waals surface area contributed by atoms with Crippen LogP contribution in [0, 0.1) is 5.92 Å². The molecule has 1 heterocycles. The summed E-state index contributed by atoms with van der Waals surface area (Å²) in [6, 6.07) is 5.83. The molecule has 3 heteroatoms. The third-order valence-corrected chi connectivity index (χ3v) is 4.07. The smallest absolute Gasteiger partial charge is 0.129 e. The zero-order valence-electron chi connectivity index (χ0n) is 11.3. The number of anilines is 1. The van der Waals surface area contributed by atoms with Crippen LogP contribution in [-0.2, 0) is 0 Å². The third-order valence-electron chi connectivity index (χ3n) is 4.07. The highest BCUT2D eigenvalue weighted by Gasteiger charge is 2.20. The number of nitrogen functional groups attached to an aromatic ring is 1. The van der Waals surface area contributed by atoms with Gasteiger partial charge in [0.15, 0.2) is 0 Å². The number of pyridine rings is 1. The number of ether oxygens (including phenoxy) is 1. The molecule has 3 rings (SSSR count). The summed E-state index contributed by atoms with van der Waals surface area (Å²) in [5.74, 6) is 1.75. The molecule has 1 aliphatic rings. The molecule has 0 amide bonds. The van der Waals surface area contributed by atoms with E-state index >= 15 is 0 Å². The Morgan fingerprint density at radius 3 is 2.68 bits per heavy atom. The minimum atomic E-state index is 0.336. The van der Waals surface area contributed by atoms with Crippen LogP contribution in [-0.4, -0.2) is 11.1 Å². The van der Waals surface area contributed by atoms with Gasteiger partial charge in [-0.25, -0.2) is 0 Å². The number of hydrogen-bond acceptors (Lipinski definition) is 3. The topological polar surface area (TPSA) is 48.1 Å². The standard InChI is InChI=1S/C16H20N2O/c1-11-2-4-12(5-3-11)19-16-7-6-15(17)13-8-9-18-10-14(13)16/h6-12H,2-5,17H2,1H3. The zero-order chi connectivity index (χ0) is 13.2. The Hall–Kier alpha value is -1.77. The van der Waals surface area contributed by atoms with Crippen molar-refractivity contribution in [3.63, 3.8) is 0 Å². The van der Waals surface area contributed by atoms with E-state index in [-0.39, 0.29) is 0 Å². The van der Waals surface area contributed by atoms with E-state index in [1.807, 2.05) is 24.4 Å². The Morgan fingerprint density at radius 2 is 1.89 bits per heavy atom. The first-order valence-electron chi connectivity index (χ1n) is 7.03. The van der Waals surface area contributed by atoms with Gasteiger partial charge in [-0.2, -0.15) is 0 Å². The van der Waals surface area contributed by atoms with E-state index in [0.717, 1.165) is 41.0 Å². The van der Waals surface area contributed by atoms with Crippen LogP contribution in [0.15, 0.2) is 30.6 Å². The molecule has 3 nitrogen and oxygen atoms in total. The van der Waals surface area contributed by atoms with Gasteiger partial charge >= 0.3 is 0 Å². The number of aromatic nitrogens is 1. The molecule has 0 atom stereocenters. The maximum absolute atomic E-state index is 6.18. The fourth-order valence-corrected chi connectivity index (χ4v) is 2.82. The summed E-state index contributed by atoms with van der Waals surface area (Å²) in [5.41, 5.74) is 6.77. The summed E-state index contributed by atoms with van der Waals surface area (Å²) in [6.07, 6.45) is 8.76. The van der Waals surface area contributed by atoms with Crippen LogP contribution in [0.1, 0.15) is 32.6 Å². The Morgan fingerprint density at radius 1 is 1.11 bits per heavy atom. The molecule has 1 aliphatic carbocycles. The lowest BCUT2D eigenvalue weighted by Gasteiger charge is -2.27. The van der Waals surface area contributed by atoms with E-state index in [0.29, 0.717) is 6.10 Å². The van der Waals surface area contributed by atoms with E-state index in [1.165, 1.54) is 12.8 Å². The van der Waals surface area contributed by atoms with E-state index in [2.05, 4.69) is 11.9 Å². The summed E-state index contributed by atoms with van der Waals surface area (Å²) in [5, 5.41) is 2.04. The molecule has 0 unspecified atom stereocenters. The number of hydrogen-bond donors (Lipinski definition) is 1. The molecule has 1 aromatic heterocycles. The first kappa shape index (κ1) is 12.3. The summed E-state index contributed by atoms with van der Waals surface area (Å²) in [4.78, 5) is 4.18. The first-order valence-corrected chi connectivity index (χ1v) is 7.03. The Labute approximate surface area is 113 Å². The lowest BCUT2D eigenvalue weighted by molar-refractivity contribution is 0.137. The SMILES string of the molecule is CC1CCC(Oc2ccc(N)c3ccncc23)CC1. The van der Waals surface area contributed by atoms with Gasteiger partial charge in [-0.1, -0.05) is 6.92 Å². The Kier molecular flexibility index (Phi) is 3.28. The summed E-state index contributed by atoms with van der Waals surface area (Å²) >= 11 is 0. The molecule has 19 heavy (non-hydrogen) atoms. The molecule has 1 fully saturated rings. The van der Waals surface area contributed by atoms with Gasteiger partial charge in [0.05, 0.1) is 6.10 Å². The molecule has 0 radical (unpaired) electrons. The van der Waals surface area contributed by atoms with Gasteiger partial charge in [0.2, 0.25) is 0 Å². The van der Waals surface area contributed by atoms with E-state index < -0.39 is 0 Å². The maximum Gasteiger partial charge on any atom is 0.129 e. The molecule has 100 valence electrons. The maximum atomic E-state index is 6.18. The van der Waals surface area contributed by atoms with Gasteiger partial charge < -0.3 is 10.5 Å². The predicted molar refractivity (Wildman–Crippen MR) is 78.2 cm³/mol.